The Morgan fingerprint density at radius 1 is 1.46 bits per heavy atom. The lowest BCUT2D eigenvalue weighted by molar-refractivity contribution is 0.117. The molecule has 1 N–H and O–H groups in total. The number of rotatable bonds is 2. The van der Waals surface area contributed by atoms with Crippen molar-refractivity contribution in [3.8, 4) is 0 Å². The molecular weight excluding hydrogens is 197 g/mol. The average Bonchev–Trinajstić information content (AvgIpc) is 2.32. The predicted molar refractivity (Wildman–Crippen MR) is 46.5 cm³/mol. The predicted octanol–water partition coefficient (Wildman–Crippen LogP) is -0.261. The van der Waals surface area contributed by atoms with Gasteiger partial charge in [0.2, 0.25) is 10.0 Å². The van der Waals surface area contributed by atoms with Crippen molar-refractivity contribution in [2.24, 2.45) is 0 Å². The van der Waals surface area contributed by atoms with Crippen LogP contribution in [-0.2, 0) is 10.0 Å². The third-order valence-corrected chi connectivity index (χ3v) is 4.35. The van der Waals surface area contributed by atoms with Gasteiger partial charge in [0.15, 0.2) is 0 Å². The van der Waals surface area contributed by atoms with Gasteiger partial charge in [-0.25, -0.2) is 12.8 Å². The molecule has 1 rings (SSSR count). The third kappa shape index (κ3) is 2.00. The van der Waals surface area contributed by atoms with Crippen LogP contribution in [0.25, 0.3) is 0 Å². The van der Waals surface area contributed by atoms with E-state index in [9.17, 15) is 12.8 Å². The van der Waals surface area contributed by atoms with E-state index in [1.54, 1.807) is 0 Å². The van der Waals surface area contributed by atoms with Gasteiger partial charge in [0, 0.05) is 13.1 Å². The second kappa shape index (κ2) is 3.51. The van der Waals surface area contributed by atoms with Gasteiger partial charge in [-0.15, -0.1) is 0 Å². The van der Waals surface area contributed by atoms with E-state index in [0.29, 0.717) is 0 Å². The number of halogens is 1. The first-order valence-electron chi connectivity index (χ1n) is 4.17. The lowest BCUT2D eigenvalue weighted by Gasteiger charge is -2.17. The van der Waals surface area contributed by atoms with Gasteiger partial charge >= 0.3 is 0 Å². The van der Waals surface area contributed by atoms with Crippen LogP contribution < -0.4 is 0 Å². The Balaban J connectivity index is 2.77. The van der Waals surface area contributed by atoms with E-state index < -0.39 is 27.5 Å². The zero-order chi connectivity index (χ0) is 10.2. The molecule has 4 nitrogen and oxygen atoms in total. The Kier molecular flexibility index (Phi) is 2.94. The summed E-state index contributed by atoms with van der Waals surface area (Å²) in [6.07, 6.45) is -2.62. The molecule has 0 aliphatic carbocycles. The molecule has 0 amide bonds. The van der Waals surface area contributed by atoms with E-state index in [4.69, 9.17) is 5.11 Å². The average molecular weight is 211 g/mol. The molecule has 0 aromatic carbocycles. The summed E-state index contributed by atoms with van der Waals surface area (Å²) < 4.78 is 36.8. The summed E-state index contributed by atoms with van der Waals surface area (Å²) >= 11 is 0. The number of aliphatic hydroxyl groups excluding tert-OH is 1. The molecule has 2 atom stereocenters. The summed E-state index contributed by atoms with van der Waals surface area (Å²) in [4.78, 5) is 0. The molecule has 0 unspecified atom stereocenters. The lowest BCUT2D eigenvalue weighted by Crippen LogP contribution is -2.35. The first-order valence-corrected chi connectivity index (χ1v) is 5.67. The normalized spacial score (nSPS) is 31.5. The number of nitrogens with zero attached hydrogens (tertiary/aromatic N) is 1. The number of hydrogen-bond acceptors (Lipinski definition) is 3. The van der Waals surface area contributed by atoms with Gasteiger partial charge in [-0.2, -0.15) is 4.31 Å². The Hall–Kier alpha value is -0.200. The standard InChI is InChI=1S/C7H14FNO3S/c1-5(2)13(11,12)9-3-6(8)7(10)4-9/h5-7,10H,3-4H2,1-2H3/t6-,7-/m0/s1. The van der Waals surface area contributed by atoms with Gasteiger partial charge in [0.1, 0.15) is 12.3 Å². The largest absolute Gasteiger partial charge is 0.389 e. The number of β-amino-alcohol motifs (C(OH)–C–C–N with tert-alkyl or cyclic N) is 1. The molecule has 0 saturated carbocycles. The highest BCUT2D eigenvalue weighted by atomic mass is 32.2. The molecule has 1 aliphatic heterocycles. The van der Waals surface area contributed by atoms with Crippen LogP contribution in [0.5, 0.6) is 0 Å². The van der Waals surface area contributed by atoms with Crippen molar-refractivity contribution < 1.29 is 17.9 Å². The Morgan fingerprint density at radius 2 is 2.00 bits per heavy atom. The van der Waals surface area contributed by atoms with E-state index in [0.717, 1.165) is 4.31 Å². The molecular formula is C7H14FNO3S. The second-order valence-electron chi connectivity index (χ2n) is 3.49. The van der Waals surface area contributed by atoms with Gasteiger partial charge in [0.05, 0.1) is 5.25 Å². The van der Waals surface area contributed by atoms with Crippen molar-refractivity contribution >= 4 is 10.0 Å². The van der Waals surface area contributed by atoms with E-state index in [2.05, 4.69) is 0 Å². The first kappa shape index (κ1) is 10.9. The van der Waals surface area contributed by atoms with Crippen LogP contribution in [0.3, 0.4) is 0 Å². The quantitative estimate of drug-likeness (QED) is 0.684. The molecule has 1 saturated heterocycles. The van der Waals surface area contributed by atoms with Crippen LogP contribution in [0.1, 0.15) is 13.8 Å². The van der Waals surface area contributed by atoms with Crippen molar-refractivity contribution in [1.82, 2.24) is 4.31 Å². The van der Waals surface area contributed by atoms with Crippen LogP contribution in [0.15, 0.2) is 0 Å². The fraction of sp³-hybridized carbons (Fsp3) is 1.00. The molecule has 0 radical (unpaired) electrons. The Bertz CT molecular complexity index is 267. The maximum atomic E-state index is 12.8. The highest BCUT2D eigenvalue weighted by molar-refractivity contribution is 7.89. The van der Waals surface area contributed by atoms with Gasteiger partial charge in [-0.05, 0) is 13.8 Å². The van der Waals surface area contributed by atoms with Crippen molar-refractivity contribution in [3.05, 3.63) is 0 Å². The van der Waals surface area contributed by atoms with Crippen molar-refractivity contribution in [2.75, 3.05) is 13.1 Å². The molecule has 6 heteroatoms. The van der Waals surface area contributed by atoms with Gasteiger partial charge in [0.25, 0.3) is 0 Å². The van der Waals surface area contributed by atoms with E-state index >= 15 is 0 Å². The number of alkyl halides is 1. The highest BCUT2D eigenvalue weighted by Crippen LogP contribution is 2.19. The van der Waals surface area contributed by atoms with E-state index in [1.807, 2.05) is 0 Å². The lowest BCUT2D eigenvalue weighted by atomic mass is 10.3. The highest BCUT2D eigenvalue weighted by Gasteiger charge is 2.38. The number of aliphatic hydroxyl groups is 1. The van der Waals surface area contributed by atoms with Crippen LogP contribution in [0.4, 0.5) is 4.39 Å². The summed E-state index contributed by atoms with van der Waals surface area (Å²) in [6, 6.07) is 0. The topological polar surface area (TPSA) is 57.6 Å². The van der Waals surface area contributed by atoms with Gasteiger partial charge < -0.3 is 5.11 Å². The van der Waals surface area contributed by atoms with Gasteiger partial charge in [-0.3, -0.25) is 0 Å². The fourth-order valence-electron chi connectivity index (χ4n) is 1.22. The Morgan fingerprint density at radius 3 is 2.31 bits per heavy atom. The van der Waals surface area contributed by atoms with Gasteiger partial charge in [-0.1, -0.05) is 0 Å². The smallest absolute Gasteiger partial charge is 0.216 e. The van der Waals surface area contributed by atoms with Crippen LogP contribution in [0, 0.1) is 0 Å². The number of hydrogen-bond donors (Lipinski definition) is 1. The SMILES string of the molecule is CC(C)S(=O)(=O)N1C[C@H](O)[C@@H](F)C1. The van der Waals surface area contributed by atoms with Crippen molar-refractivity contribution in [1.29, 1.82) is 0 Å². The zero-order valence-electron chi connectivity index (χ0n) is 7.64. The summed E-state index contributed by atoms with van der Waals surface area (Å²) in [5, 5.41) is 8.47. The zero-order valence-corrected chi connectivity index (χ0v) is 8.46. The number of sulfonamides is 1. The van der Waals surface area contributed by atoms with E-state index in [-0.39, 0.29) is 13.1 Å². The summed E-state index contributed by atoms with van der Waals surface area (Å²) in [7, 11) is -3.41. The summed E-state index contributed by atoms with van der Waals surface area (Å²) in [6.45, 7) is 2.73. The van der Waals surface area contributed by atoms with Crippen LogP contribution in [0.2, 0.25) is 0 Å². The monoisotopic (exact) mass is 211 g/mol. The minimum atomic E-state index is -3.41. The van der Waals surface area contributed by atoms with Crippen LogP contribution in [-0.4, -0.2) is 48.4 Å². The molecule has 78 valence electrons. The van der Waals surface area contributed by atoms with Crippen LogP contribution >= 0.6 is 0 Å². The third-order valence-electron chi connectivity index (χ3n) is 2.14. The molecule has 13 heavy (non-hydrogen) atoms. The summed E-state index contributed by atoms with van der Waals surface area (Å²) in [5.74, 6) is 0. The second-order valence-corrected chi connectivity index (χ2v) is 5.98. The first-order chi connectivity index (χ1) is 5.85. The molecule has 1 heterocycles. The molecule has 0 aromatic heterocycles. The maximum Gasteiger partial charge on any atom is 0.216 e. The molecule has 0 spiro atoms. The molecule has 1 fully saturated rings. The molecule has 0 bridgehead atoms. The maximum absolute atomic E-state index is 12.8. The Labute approximate surface area is 77.4 Å². The van der Waals surface area contributed by atoms with E-state index in [1.165, 1.54) is 13.8 Å². The minimum absolute atomic E-state index is 0.123. The van der Waals surface area contributed by atoms with Crippen molar-refractivity contribution in [3.63, 3.8) is 0 Å². The molecule has 0 aromatic rings. The molecule has 1 aliphatic rings. The summed E-state index contributed by atoms with van der Waals surface area (Å²) in [5.41, 5.74) is 0. The van der Waals surface area contributed by atoms with Crippen molar-refractivity contribution in [2.45, 2.75) is 31.4 Å². The fourth-order valence-corrected chi connectivity index (χ4v) is 2.53. The minimum Gasteiger partial charge on any atom is -0.389 e.